The Kier molecular flexibility index (Phi) is 5.06. The van der Waals surface area contributed by atoms with E-state index in [0.717, 1.165) is 40.5 Å². The number of carbonyl (C=O) groups is 1. The van der Waals surface area contributed by atoms with Crippen molar-refractivity contribution in [3.05, 3.63) is 46.1 Å². The standard InChI is InChI=1S/C15H16FNO4S2/c1-4-21-15(18)13-9(2)10(3)22-14(13)17-23(19,20)12-7-5-11(16)6-8-12/h5-8,17H,4H2,1-3H3. The molecule has 0 spiro atoms. The summed E-state index contributed by atoms with van der Waals surface area (Å²) in [4.78, 5) is 12.8. The maximum absolute atomic E-state index is 12.9. The summed E-state index contributed by atoms with van der Waals surface area (Å²) in [5.74, 6) is -1.11. The molecule has 0 radical (unpaired) electrons. The highest BCUT2D eigenvalue weighted by molar-refractivity contribution is 7.93. The molecule has 1 N–H and O–H groups in total. The molecular weight excluding hydrogens is 341 g/mol. The van der Waals surface area contributed by atoms with Crippen LogP contribution in [0.2, 0.25) is 0 Å². The van der Waals surface area contributed by atoms with Crippen molar-refractivity contribution in [1.82, 2.24) is 0 Å². The molecule has 0 atom stereocenters. The molecule has 0 unspecified atom stereocenters. The van der Waals surface area contributed by atoms with E-state index in [1.165, 1.54) is 0 Å². The molecule has 0 bridgehead atoms. The van der Waals surface area contributed by atoms with Crippen LogP contribution in [-0.4, -0.2) is 21.0 Å². The second-order valence-corrected chi connectivity index (χ2v) is 7.67. The SMILES string of the molecule is CCOC(=O)c1c(NS(=O)(=O)c2ccc(F)cc2)sc(C)c1C. The van der Waals surface area contributed by atoms with Crippen LogP contribution in [0.5, 0.6) is 0 Å². The number of esters is 1. The van der Waals surface area contributed by atoms with E-state index in [4.69, 9.17) is 4.74 Å². The number of aryl methyl sites for hydroxylation is 1. The highest BCUT2D eigenvalue weighted by Gasteiger charge is 2.24. The Hall–Kier alpha value is -1.93. The predicted molar refractivity (Wildman–Crippen MR) is 87.0 cm³/mol. The molecule has 2 aromatic rings. The molecule has 0 aliphatic rings. The first-order valence-corrected chi connectivity index (χ1v) is 9.11. The van der Waals surface area contributed by atoms with E-state index in [1.807, 2.05) is 0 Å². The van der Waals surface area contributed by atoms with E-state index in [-0.39, 0.29) is 22.1 Å². The lowest BCUT2D eigenvalue weighted by Gasteiger charge is -2.09. The van der Waals surface area contributed by atoms with Gasteiger partial charge in [-0.25, -0.2) is 17.6 Å². The summed E-state index contributed by atoms with van der Waals surface area (Å²) >= 11 is 1.15. The highest BCUT2D eigenvalue weighted by Crippen LogP contribution is 2.34. The maximum atomic E-state index is 12.9. The summed E-state index contributed by atoms with van der Waals surface area (Å²) in [6, 6.07) is 4.45. The number of hydrogen-bond acceptors (Lipinski definition) is 5. The Labute approximate surface area is 138 Å². The molecule has 1 aromatic heterocycles. The van der Waals surface area contributed by atoms with Crippen molar-refractivity contribution in [3.63, 3.8) is 0 Å². The molecule has 0 saturated carbocycles. The molecule has 124 valence electrons. The van der Waals surface area contributed by atoms with Gasteiger partial charge >= 0.3 is 5.97 Å². The van der Waals surface area contributed by atoms with Crippen molar-refractivity contribution in [1.29, 1.82) is 0 Å². The number of sulfonamides is 1. The first-order valence-electron chi connectivity index (χ1n) is 6.81. The number of rotatable bonds is 5. The number of halogens is 1. The van der Waals surface area contributed by atoms with Crippen LogP contribution < -0.4 is 4.72 Å². The van der Waals surface area contributed by atoms with Gasteiger partial charge in [0.05, 0.1) is 17.1 Å². The van der Waals surface area contributed by atoms with Crippen molar-refractivity contribution in [2.45, 2.75) is 25.7 Å². The van der Waals surface area contributed by atoms with Gasteiger partial charge in [0, 0.05) is 4.88 Å². The number of carbonyl (C=O) groups excluding carboxylic acids is 1. The van der Waals surface area contributed by atoms with Crippen molar-refractivity contribution in [2.75, 3.05) is 11.3 Å². The van der Waals surface area contributed by atoms with Gasteiger partial charge in [-0.05, 0) is 50.6 Å². The van der Waals surface area contributed by atoms with Gasteiger partial charge in [0.2, 0.25) is 0 Å². The minimum atomic E-state index is -3.92. The van der Waals surface area contributed by atoms with Crippen LogP contribution in [0.1, 0.15) is 27.7 Å². The first kappa shape index (κ1) is 17.4. The summed E-state index contributed by atoms with van der Waals surface area (Å²) in [5, 5.41) is 0.197. The molecule has 0 saturated heterocycles. The highest BCUT2D eigenvalue weighted by atomic mass is 32.2. The van der Waals surface area contributed by atoms with Crippen molar-refractivity contribution in [3.8, 4) is 0 Å². The zero-order chi connectivity index (χ0) is 17.2. The third-order valence-electron chi connectivity index (χ3n) is 3.22. The molecule has 2 rings (SSSR count). The second kappa shape index (κ2) is 6.67. The third-order valence-corrected chi connectivity index (χ3v) is 5.83. The Bertz CT molecular complexity index is 826. The molecule has 5 nitrogen and oxygen atoms in total. The smallest absolute Gasteiger partial charge is 0.341 e. The van der Waals surface area contributed by atoms with Gasteiger partial charge in [-0.2, -0.15) is 0 Å². The average Bonchev–Trinajstić information content (AvgIpc) is 2.73. The van der Waals surface area contributed by atoms with Gasteiger partial charge in [0.1, 0.15) is 10.8 Å². The van der Waals surface area contributed by atoms with Crippen LogP contribution in [-0.2, 0) is 14.8 Å². The van der Waals surface area contributed by atoms with Crippen LogP contribution in [0.15, 0.2) is 29.2 Å². The van der Waals surface area contributed by atoms with E-state index in [2.05, 4.69) is 4.72 Å². The monoisotopic (exact) mass is 357 g/mol. The summed E-state index contributed by atoms with van der Waals surface area (Å²) in [5.41, 5.74) is 0.880. The number of thiophene rings is 1. The molecule has 0 fully saturated rings. The number of nitrogens with one attached hydrogen (secondary N) is 1. The lowest BCUT2D eigenvalue weighted by molar-refractivity contribution is 0.0527. The number of anilines is 1. The average molecular weight is 357 g/mol. The fourth-order valence-corrected chi connectivity index (χ4v) is 4.30. The van der Waals surface area contributed by atoms with Crippen LogP contribution >= 0.6 is 11.3 Å². The molecule has 1 aromatic carbocycles. The van der Waals surface area contributed by atoms with Gasteiger partial charge in [-0.3, -0.25) is 4.72 Å². The molecule has 23 heavy (non-hydrogen) atoms. The van der Waals surface area contributed by atoms with Gasteiger partial charge in [0.25, 0.3) is 10.0 Å². The largest absolute Gasteiger partial charge is 0.462 e. The zero-order valence-electron chi connectivity index (χ0n) is 12.8. The maximum Gasteiger partial charge on any atom is 0.341 e. The number of hydrogen-bond donors (Lipinski definition) is 1. The van der Waals surface area contributed by atoms with Gasteiger partial charge < -0.3 is 4.74 Å². The third kappa shape index (κ3) is 3.70. The van der Waals surface area contributed by atoms with Crippen LogP contribution in [0.25, 0.3) is 0 Å². The van der Waals surface area contributed by atoms with Crippen molar-refractivity contribution >= 4 is 32.3 Å². The molecule has 0 amide bonds. The normalized spacial score (nSPS) is 11.3. The fraction of sp³-hybridized carbons (Fsp3) is 0.267. The minimum Gasteiger partial charge on any atom is -0.462 e. The quantitative estimate of drug-likeness (QED) is 0.832. The second-order valence-electron chi connectivity index (χ2n) is 4.77. The van der Waals surface area contributed by atoms with Crippen molar-refractivity contribution in [2.24, 2.45) is 0 Å². The number of benzene rings is 1. The Balaban J connectivity index is 2.41. The van der Waals surface area contributed by atoms with Crippen molar-refractivity contribution < 1.29 is 22.3 Å². The van der Waals surface area contributed by atoms with Crippen LogP contribution in [0.4, 0.5) is 9.39 Å². The summed E-state index contributed by atoms with van der Waals surface area (Å²) in [6.07, 6.45) is 0. The predicted octanol–water partition coefficient (Wildman–Crippen LogP) is 3.48. The van der Waals surface area contributed by atoms with Crippen LogP contribution in [0.3, 0.4) is 0 Å². The van der Waals surface area contributed by atoms with E-state index in [0.29, 0.717) is 5.56 Å². The lowest BCUT2D eigenvalue weighted by atomic mass is 10.2. The van der Waals surface area contributed by atoms with Gasteiger partial charge in [0.15, 0.2) is 0 Å². The summed E-state index contributed by atoms with van der Waals surface area (Å²) in [6.45, 7) is 5.39. The molecule has 0 aliphatic carbocycles. The molecule has 0 aliphatic heterocycles. The van der Waals surface area contributed by atoms with Gasteiger partial charge in [-0.1, -0.05) is 0 Å². The number of ether oxygens (including phenoxy) is 1. The zero-order valence-corrected chi connectivity index (χ0v) is 14.5. The van der Waals surface area contributed by atoms with E-state index < -0.39 is 21.8 Å². The van der Waals surface area contributed by atoms with Crippen LogP contribution in [0, 0.1) is 19.7 Å². The molecule has 8 heteroatoms. The first-order chi connectivity index (χ1) is 10.8. The summed E-state index contributed by atoms with van der Waals surface area (Å²) < 4.78 is 45.1. The van der Waals surface area contributed by atoms with E-state index in [9.17, 15) is 17.6 Å². The summed E-state index contributed by atoms with van der Waals surface area (Å²) in [7, 11) is -3.92. The Morgan fingerprint density at radius 1 is 1.26 bits per heavy atom. The Morgan fingerprint density at radius 2 is 1.87 bits per heavy atom. The van der Waals surface area contributed by atoms with E-state index >= 15 is 0 Å². The minimum absolute atomic E-state index is 0.0857. The van der Waals surface area contributed by atoms with E-state index in [1.54, 1.807) is 20.8 Å². The van der Waals surface area contributed by atoms with Gasteiger partial charge in [-0.15, -0.1) is 11.3 Å². The fourth-order valence-electron chi connectivity index (χ4n) is 1.94. The molecular formula is C15H16FNO4S2. The lowest BCUT2D eigenvalue weighted by Crippen LogP contribution is -2.15. The molecule has 1 heterocycles. The Morgan fingerprint density at radius 3 is 2.43 bits per heavy atom. The topological polar surface area (TPSA) is 72.5 Å².